The third-order valence-corrected chi connectivity index (χ3v) is 1.70. The van der Waals surface area contributed by atoms with Crippen LogP contribution in [0.3, 0.4) is 0 Å². The summed E-state index contributed by atoms with van der Waals surface area (Å²) in [6.07, 6.45) is 0. The summed E-state index contributed by atoms with van der Waals surface area (Å²) in [7, 11) is 0. The summed E-state index contributed by atoms with van der Waals surface area (Å²) in [6.45, 7) is 0. The van der Waals surface area contributed by atoms with Gasteiger partial charge in [0, 0.05) is 29.6 Å². The van der Waals surface area contributed by atoms with E-state index < -0.39 is 0 Å². The van der Waals surface area contributed by atoms with Gasteiger partial charge in [-0.25, -0.2) is 0 Å². The summed E-state index contributed by atoms with van der Waals surface area (Å²) < 4.78 is 0. The Kier molecular flexibility index (Phi) is 5.16. The van der Waals surface area contributed by atoms with Gasteiger partial charge in [-0.3, -0.25) is 0 Å². The Hall–Kier alpha value is 0.290. The average molecular weight is 195 g/mol. The van der Waals surface area contributed by atoms with Crippen molar-refractivity contribution in [2.75, 3.05) is 0 Å². The minimum absolute atomic E-state index is 0. The van der Waals surface area contributed by atoms with E-state index in [2.05, 4.69) is 0 Å². The number of hydrogen-bond donors (Lipinski definition) is 0. The Balaban J connectivity index is 0.000001000. The van der Waals surface area contributed by atoms with E-state index >= 15 is 0 Å². The quantitative estimate of drug-likeness (QED) is 0.583. The van der Waals surface area contributed by atoms with E-state index in [1.54, 1.807) is 18.2 Å². The first-order valence-electron chi connectivity index (χ1n) is 2.60. The molecular weight excluding hydrogens is 192 g/mol. The molecule has 51 valence electrons. The van der Waals surface area contributed by atoms with Crippen LogP contribution in [-0.4, -0.2) is 29.6 Å². The van der Waals surface area contributed by atoms with Crippen LogP contribution in [0.15, 0.2) is 18.2 Å². The van der Waals surface area contributed by atoms with Crippen LogP contribution in [0.2, 0.25) is 10.0 Å². The fraction of sp³-hybridized carbons (Fsp3) is 0. The molecule has 0 saturated carbocycles. The molecule has 0 aromatic heterocycles. The summed E-state index contributed by atoms with van der Waals surface area (Å²) >= 11 is 11.2. The number of nitriles is 1. The smallest absolute Gasteiger partial charge is 0.102 e. The minimum Gasteiger partial charge on any atom is -0.192 e. The molecule has 0 fully saturated rings. The normalized spacial score (nSPS) is 8.09. The summed E-state index contributed by atoms with van der Waals surface area (Å²) in [5, 5.41) is 9.28. The van der Waals surface area contributed by atoms with Crippen LogP contribution in [0.1, 0.15) is 5.56 Å². The van der Waals surface area contributed by atoms with E-state index in [0.29, 0.717) is 15.6 Å². The van der Waals surface area contributed by atoms with E-state index in [4.69, 9.17) is 28.5 Å². The van der Waals surface area contributed by atoms with Crippen molar-refractivity contribution in [2.24, 2.45) is 0 Å². The predicted molar refractivity (Wildman–Crippen MR) is 46.9 cm³/mol. The van der Waals surface area contributed by atoms with Crippen molar-refractivity contribution in [3.8, 4) is 6.07 Å². The molecule has 0 heterocycles. The Labute approximate surface area is 97.2 Å². The van der Waals surface area contributed by atoms with Crippen LogP contribution < -0.4 is 0 Å². The largest absolute Gasteiger partial charge is 0.192 e. The average Bonchev–Trinajstić information content (AvgIpc) is 1.88. The SMILES string of the molecule is N#Cc1c(Cl)cccc1Cl.[Na]. The second-order valence-corrected chi connectivity index (χ2v) is 2.52. The van der Waals surface area contributed by atoms with Crippen LogP contribution >= 0.6 is 23.2 Å². The summed E-state index contributed by atoms with van der Waals surface area (Å²) in [5.41, 5.74) is 0.339. The molecular formula is C7H3Cl2NNa. The first kappa shape index (κ1) is 11.3. The monoisotopic (exact) mass is 194 g/mol. The maximum absolute atomic E-state index is 8.48. The number of halogens is 2. The van der Waals surface area contributed by atoms with Crippen LogP contribution in [0.4, 0.5) is 0 Å². The van der Waals surface area contributed by atoms with E-state index in [-0.39, 0.29) is 29.6 Å². The number of rotatable bonds is 0. The zero-order valence-corrected chi connectivity index (χ0v) is 9.45. The van der Waals surface area contributed by atoms with Gasteiger partial charge in [0.15, 0.2) is 0 Å². The molecule has 1 rings (SSSR count). The van der Waals surface area contributed by atoms with Gasteiger partial charge in [-0.1, -0.05) is 29.3 Å². The predicted octanol–water partition coefficient (Wildman–Crippen LogP) is 2.48. The van der Waals surface area contributed by atoms with Crippen LogP contribution in [0.5, 0.6) is 0 Å². The van der Waals surface area contributed by atoms with E-state index in [9.17, 15) is 0 Å². The second kappa shape index (κ2) is 5.03. The molecule has 0 saturated heterocycles. The molecule has 0 spiro atoms. The molecule has 0 bridgehead atoms. The fourth-order valence-corrected chi connectivity index (χ4v) is 1.09. The Morgan fingerprint density at radius 3 is 1.91 bits per heavy atom. The van der Waals surface area contributed by atoms with Crippen molar-refractivity contribution in [2.45, 2.75) is 0 Å². The van der Waals surface area contributed by atoms with Crippen LogP contribution in [0.25, 0.3) is 0 Å². The van der Waals surface area contributed by atoms with Crippen LogP contribution in [0, 0.1) is 11.3 Å². The summed E-state index contributed by atoms with van der Waals surface area (Å²) in [4.78, 5) is 0. The van der Waals surface area contributed by atoms with E-state index in [1.165, 1.54) is 0 Å². The van der Waals surface area contributed by atoms with Crippen molar-refractivity contribution in [1.29, 1.82) is 5.26 Å². The zero-order chi connectivity index (χ0) is 7.56. The van der Waals surface area contributed by atoms with Gasteiger partial charge in [0.25, 0.3) is 0 Å². The van der Waals surface area contributed by atoms with E-state index in [1.807, 2.05) is 6.07 Å². The van der Waals surface area contributed by atoms with Gasteiger partial charge in [0.2, 0.25) is 0 Å². The molecule has 4 heteroatoms. The standard InChI is InChI=1S/C7H3Cl2N.Na/c8-6-2-1-3-7(9)5(6)4-10;/h1-3H;. The molecule has 11 heavy (non-hydrogen) atoms. The Morgan fingerprint density at radius 1 is 1.18 bits per heavy atom. The number of benzene rings is 1. The molecule has 0 aliphatic carbocycles. The molecule has 1 radical (unpaired) electrons. The molecule has 0 unspecified atom stereocenters. The van der Waals surface area contributed by atoms with Crippen molar-refractivity contribution in [1.82, 2.24) is 0 Å². The Morgan fingerprint density at radius 2 is 1.64 bits per heavy atom. The molecule has 1 aromatic carbocycles. The molecule has 1 nitrogen and oxygen atoms in total. The van der Waals surface area contributed by atoms with Gasteiger partial charge < -0.3 is 0 Å². The molecule has 0 aliphatic rings. The number of nitrogens with zero attached hydrogens (tertiary/aromatic N) is 1. The van der Waals surface area contributed by atoms with Crippen LogP contribution in [-0.2, 0) is 0 Å². The third kappa shape index (κ3) is 2.66. The van der Waals surface area contributed by atoms with Gasteiger partial charge in [-0.05, 0) is 12.1 Å². The topological polar surface area (TPSA) is 23.8 Å². The first-order chi connectivity index (χ1) is 4.75. The minimum atomic E-state index is 0. The molecule has 0 N–H and O–H groups in total. The van der Waals surface area contributed by atoms with Gasteiger partial charge in [0.1, 0.15) is 6.07 Å². The fourth-order valence-electron chi connectivity index (χ4n) is 0.605. The van der Waals surface area contributed by atoms with Crippen molar-refractivity contribution < 1.29 is 0 Å². The van der Waals surface area contributed by atoms with Crippen molar-refractivity contribution >= 4 is 52.8 Å². The maximum Gasteiger partial charge on any atom is 0.102 e. The third-order valence-electron chi connectivity index (χ3n) is 1.07. The molecule has 0 amide bonds. The summed E-state index contributed by atoms with van der Waals surface area (Å²) in [5.74, 6) is 0. The Bertz CT molecular complexity index is 273. The van der Waals surface area contributed by atoms with Crippen molar-refractivity contribution in [3.63, 3.8) is 0 Å². The molecule has 0 atom stereocenters. The van der Waals surface area contributed by atoms with Gasteiger partial charge in [-0.2, -0.15) is 5.26 Å². The maximum atomic E-state index is 8.48. The van der Waals surface area contributed by atoms with Gasteiger partial charge in [0.05, 0.1) is 15.6 Å². The number of hydrogen-bond acceptors (Lipinski definition) is 1. The molecule has 0 aliphatic heterocycles. The first-order valence-corrected chi connectivity index (χ1v) is 3.35. The van der Waals surface area contributed by atoms with Crippen molar-refractivity contribution in [3.05, 3.63) is 33.8 Å². The van der Waals surface area contributed by atoms with Gasteiger partial charge >= 0.3 is 0 Å². The second-order valence-electron chi connectivity index (χ2n) is 1.71. The molecule has 1 aromatic rings. The zero-order valence-electron chi connectivity index (χ0n) is 5.94. The van der Waals surface area contributed by atoms with Gasteiger partial charge in [-0.15, -0.1) is 0 Å². The summed E-state index contributed by atoms with van der Waals surface area (Å²) in [6, 6.07) is 6.86. The van der Waals surface area contributed by atoms with E-state index in [0.717, 1.165) is 0 Å².